The second kappa shape index (κ2) is 4.57. The van der Waals surface area contributed by atoms with E-state index in [-0.39, 0.29) is 11.6 Å². The highest BCUT2D eigenvalue weighted by Crippen LogP contribution is 2.28. The fourth-order valence-electron chi connectivity index (χ4n) is 1.96. The molecule has 1 saturated carbocycles. The number of amides is 1. The Morgan fingerprint density at radius 3 is 2.81 bits per heavy atom. The lowest BCUT2D eigenvalue weighted by Crippen LogP contribution is -2.41. The van der Waals surface area contributed by atoms with E-state index in [1.807, 2.05) is 0 Å². The third-order valence-corrected chi connectivity index (χ3v) is 2.91. The number of aromatic nitrogens is 2. The summed E-state index contributed by atoms with van der Waals surface area (Å²) in [6.45, 7) is 0.294. The lowest BCUT2D eigenvalue weighted by atomic mass is 10.0. The fraction of sp³-hybridized carbons (Fsp3) is 0.545. The molecule has 0 spiro atoms. The molecule has 0 atom stereocenters. The molecule has 0 radical (unpaired) electrons. The van der Waals surface area contributed by atoms with Crippen molar-refractivity contribution in [2.24, 2.45) is 0 Å². The van der Waals surface area contributed by atoms with Gasteiger partial charge in [0.1, 0.15) is 5.69 Å². The van der Waals surface area contributed by atoms with Crippen molar-refractivity contribution in [1.82, 2.24) is 15.3 Å². The van der Waals surface area contributed by atoms with Gasteiger partial charge < -0.3 is 10.4 Å². The first-order valence-electron chi connectivity index (χ1n) is 5.46. The summed E-state index contributed by atoms with van der Waals surface area (Å²) >= 11 is 0. The zero-order valence-electron chi connectivity index (χ0n) is 9.02. The predicted octanol–water partition coefficient (Wildman–Crippen LogP) is 0.511. The Morgan fingerprint density at radius 1 is 1.44 bits per heavy atom. The van der Waals surface area contributed by atoms with Gasteiger partial charge >= 0.3 is 0 Å². The van der Waals surface area contributed by atoms with Gasteiger partial charge in [-0.1, -0.05) is 12.8 Å². The quantitative estimate of drug-likeness (QED) is 0.780. The fourth-order valence-corrected chi connectivity index (χ4v) is 1.96. The molecule has 1 aliphatic carbocycles. The molecule has 5 nitrogen and oxygen atoms in total. The molecule has 0 unspecified atom stereocenters. The van der Waals surface area contributed by atoms with E-state index in [1.165, 1.54) is 18.6 Å². The lowest BCUT2D eigenvalue weighted by molar-refractivity contribution is 0.0448. The van der Waals surface area contributed by atoms with Crippen molar-refractivity contribution in [1.29, 1.82) is 0 Å². The zero-order valence-corrected chi connectivity index (χ0v) is 9.02. The van der Waals surface area contributed by atoms with Crippen molar-refractivity contribution in [3.05, 3.63) is 24.3 Å². The van der Waals surface area contributed by atoms with E-state index >= 15 is 0 Å². The average Bonchev–Trinajstić information content (AvgIpc) is 2.75. The monoisotopic (exact) mass is 221 g/mol. The van der Waals surface area contributed by atoms with Crippen LogP contribution in [-0.4, -0.2) is 33.1 Å². The molecule has 2 N–H and O–H groups in total. The molecule has 16 heavy (non-hydrogen) atoms. The first-order chi connectivity index (χ1) is 7.70. The standard InChI is InChI=1S/C11H15N3O2/c15-10(9-7-12-5-6-13-9)14-8-11(16)3-1-2-4-11/h5-7,16H,1-4,8H2,(H,14,15). The van der Waals surface area contributed by atoms with Gasteiger partial charge in [-0.3, -0.25) is 9.78 Å². The maximum atomic E-state index is 11.6. The molecular formula is C11H15N3O2. The number of nitrogens with zero attached hydrogens (tertiary/aromatic N) is 2. The van der Waals surface area contributed by atoms with Crippen LogP contribution in [0.3, 0.4) is 0 Å². The summed E-state index contributed by atoms with van der Waals surface area (Å²) < 4.78 is 0. The molecule has 1 heterocycles. The number of carbonyl (C=O) groups excluding carboxylic acids is 1. The maximum Gasteiger partial charge on any atom is 0.271 e. The lowest BCUT2D eigenvalue weighted by Gasteiger charge is -2.22. The summed E-state index contributed by atoms with van der Waals surface area (Å²) in [5.41, 5.74) is -0.443. The Hall–Kier alpha value is -1.49. The van der Waals surface area contributed by atoms with Crippen molar-refractivity contribution in [2.45, 2.75) is 31.3 Å². The minimum Gasteiger partial charge on any atom is -0.388 e. The predicted molar refractivity (Wildman–Crippen MR) is 57.8 cm³/mol. The molecule has 5 heteroatoms. The highest BCUT2D eigenvalue weighted by atomic mass is 16.3. The molecular weight excluding hydrogens is 206 g/mol. The second-order valence-electron chi connectivity index (χ2n) is 4.20. The van der Waals surface area contributed by atoms with Crippen LogP contribution in [0.15, 0.2) is 18.6 Å². The minimum atomic E-state index is -0.724. The zero-order chi connectivity index (χ0) is 11.4. The van der Waals surface area contributed by atoms with E-state index < -0.39 is 5.60 Å². The van der Waals surface area contributed by atoms with E-state index in [2.05, 4.69) is 15.3 Å². The Kier molecular flexibility index (Phi) is 3.14. The van der Waals surface area contributed by atoms with Crippen LogP contribution in [0.4, 0.5) is 0 Å². The summed E-state index contributed by atoms with van der Waals surface area (Å²) in [6.07, 6.45) is 7.96. The average molecular weight is 221 g/mol. The Balaban J connectivity index is 1.89. The smallest absolute Gasteiger partial charge is 0.271 e. The minimum absolute atomic E-state index is 0.282. The van der Waals surface area contributed by atoms with Gasteiger partial charge in [0.25, 0.3) is 5.91 Å². The van der Waals surface area contributed by atoms with E-state index in [0.29, 0.717) is 6.54 Å². The molecule has 1 fully saturated rings. The third kappa shape index (κ3) is 2.55. The van der Waals surface area contributed by atoms with Crippen LogP contribution in [0.25, 0.3) is 0 Å². The van der Waals surface area contributed by atoms with Gasteiger partial charge in [-0.05, 0) is 12.8 Å². The van der Waals surface area contributed by atoms with Gasteiger partial charge in [-0.25, -0.2) is 4.98 Å². The normalized spacial score (nSPS) is 18.3. The first-order valence-corrected chi connectivity index (χ1v) is 5.46. The summed E-state index contributed by atoms with van der Waals surface area (Å²) in [6, 6.07) is 0. The molecule has 2 rings (SSSR count). The Morgan fingerprint density at radius 2 is 2.19 bits per heavy atom. The Bertz CT molecular complexity index is 361. The van der Waals surface area contributed by atoms with Crippen molar-refractivity contribution < 1.29 is 9.90 Å². The third-order valence-electron chi connectivity index (χ3n) is 2.91. The van der Waals surface area contributed by atoms with Crippen LogP contribution in [0.2, 0.25) is 0 Å². The molecule has 0 aromatic carbocycles. The van der Waals surface area contributed by atoms with Gasteiger partial charge in [-0.15, -0.1) is 0 Å². The summed E-state index contributed by atoms with van der Waals surface area (Å²) in [7, 11) is 0. The molecule has 1 aromatic rings. The summed E-state index contributed by atoms with van der Waals surface area (Å²) in [5.74, 6) is -0.284. The maximum absolute atomic E-state index is 11.6. The summed E-state index contributed by atoms with van der Waals surface area (Å²) in [5, 5.41) is 12.7. The van der Waals surface area contributed by atoms with E-state index in [0.717, 1.165) is 25.7 Å². The number of carbonyl (C=O) groups is 1. The van der Waals surface area contributed by atoms with Gasteiger partial charge in [0.05, 0.1) is 11.8 Å². The molecule has 0 saturated heterocycles. The number of rotatable bonds is 3. The van der Waals surface area contributed by atoms with Crippen LogP contribution in [0, 0.1) is 0 Å². The van der Waals surface area contributed by atoms with Gasteiger partial charge in [-0.2, -0.15) is 0 Å². The van der Waals surface area contributed by atoms with Crippen molar-refractivity contribution in [2.75, 3.05) is 6.54 Å². The molecule has 1 aliphatic rings. The van der Waals surface area contributed by atoms with Crippen LogP contribution in [0.1, 0.15) is 36.2 Å². The molecule has 86 valence electrons. The topological polar surface area (TPSA) is 75.1 Å². The molecule has 0 aliphatic heterocycles. The van der Waals surface area contributed by atoms with Crippen LogP contribution in [-0.2, 0) is 0 Å². The second-order valence-corrected chi connectivity index (χ2v) is 4.20. The molecule has 1 aromatic heterocycles. The van der Waals surface area contributed by atoms with E-state index in [9.17, 15) is 9.90 Å². The van der Waals surface area contributed by atoms with Crippen molar-refractivity contribution in [3.63, 3.8) is 0 Å². The van der Waals surface area contributed by atoms with Crippen LogP contribution < -0.4 is 5.32 Å². The first kappa shape index (κ1) is 11.0. The number of hydrogen-bond donors (Lipinski definition) is 2. The van der Waals surface area contributed by atoms with Gasteiger partial charge in [0.15, 0.2) is 0 Å². The molecule has 0 bridgehead atoms. The van der Waals surface area contributed by atoms with Crippen molar-refractivity contribution >= 4 is 5.91 Å². The summed E-state index contributed by atoms with van der Waals surface area (Å²) in [4.78, 5) is 19.3. The SMILES string of the molecule is O=C(NCC1(O)CCCC1)c1cnccn1. The highest BCUT2D eigenvalue weighted by molar-refractivity contribution is 5.91. The van der Waals surface area contributed by atoms with Gasteiger partial charge in [0, 0.05) is 18.9 Å². The van der Waals surface area contributed by atoms with E-state index in [1.54, 1.807) is 0 Å². The molecule has 1 amide bonds. The van der Waals surface area contributed by atoms with Crippen LogP contribution >= 0.6 is 0 Å². The van der Waals surface area contributed by atoms with Gasteiger partial charge in [0.2, 0.25) is 0 Å². The number of nitrogens with one attached hydrogen (secondary N) is 1. The number of aliphatic hydroxyl groups is 1. The van der Waals surface area contributed by atoms with Crippen LogP contribution in [0.5, 0.6) is 0 Å². The number of hydrogen-bond acceptors (Lipinski definition) is 4. The van der Waals surface area contributed by atoms with Crippen molar-refractivity contribution in [3.8, 4) is 0 Å². The van der Waals surface area contributed by atoms with E-state index in [4.69, 9.17) is 0 Å². The Labute approximate surface area is 93.9 Å². The largest absolute Gasteiger partial charge is 0.388 e. The highest BCUT2D eigenvalue weighted by Gasteiger charge is 2.31.